The molecule has 3 aromatic rings. The van der Waals surface area contributed by atoms with Gasteiger partial charge in [-0.15, -0.1) is 5.10 Å². The van der Waals surface area contributed by atoms with Gasteiger partial charge in [0.1, 0.15) is 5.60 Å². The summed E-state index contributed by atoms with van der Waals surface area (Å²) in [6.45, 7) is 3.13. The molecule has 1 aliphatic carbocycles. The largest absolute Gasteiger partial charge is 0.378 e. The van der Waals surface area contributed by atoms with Gasteiger partial charge in [-0.05, 0) is 43.5 Å². The predicted molar refractivity (Wildman–Crippen MR) is 120 cm³/mol. The fourth-order valence-corrected chi connectivity index (χ4v) is 4.80. The molecule has 0 radical (unpaired) electrons. The quantitative estimate of drug-likeness (QED) is 0.616. The Kier molecular flexibility index (Phi) is 5.35. The summed E-state index contributed by atoms with van der Waals surface area (Å²) in [5.74, 6) is -0.398. The number of primary amides is 1. The molecule has 1 unspecified atom stereocenters. The number of carbonyl (C=O) groups excluding carboxylic acids is 1. The number of hydrogen-bond acceptors (Lipinski definition) is 7. The number of nitrogens with two attached hydrogens (primary N) is 1. The minimum atomic E-state index is -0.565. The molecule has 1 amide bonds. The number of fused-ring (bicyclic) bond motifs is 1. The van der Waals surface area contributed by atoms with Gasteiger partial charge < -0.3 is 19.8 Å². The van der Waals surface area contributed by atoms with Gasteiger partial charge in [0.2, 0.25) is 5.91 Å². The van der Waals surface area contributed by atoms with Crippen LogP contribution >= 0.6 is 0 Å². The lowest BCUT2D eigenvalue weighted by molar-refractivity contribution is -0.117. The second-order valence-corrected chi connectivity index (χ2v) is 9.03. The van der Waals surface area contributed by atoms with Crippen LogP contribution in [0.4, 0.5) is 0 Å². The lowest BCUT2D eigenvalue weighted by Crippen LogP contribution is -2.30. The Balaban J connectivity index is 1.65. The second-order valence-electron chi connectivity index (χ2n) is 9.03. The Bertz CT molecular complexity index is 1270. The Morgan fingerprint density at radius 2 is 2.18 bits per heavy atom. The van der Waals surface area contributed by atoms with Gasteiger partial charge in [-0.2, -0.15) is 10.4 Å². The van der Waals surface area contributed by atoms with Crippen molar-refractivity contribution >= 4 is 16.9 Å². The van der Waals surface area contributed by atoms with Crippen LogP contribution in [0.2, 0.25) is 0 Å². The monoisotopic (exact) mass is 446 g/mol. The van der Waals surface area contributed by atoms with Crippen molar-refractivity contribution in [3.8, 4) is 17.3 Å². The molecular formula is C24H26N6O3. The van der Waals surface area contributed by atoms with E-state index in [1.54, 1.807) is 7.11 Å². The van der Waals surface area contributed by atoms with E-state index in [4.69, 9.17) is 20.2 Å². The number of aryl methyl sites for hydroxylation is 1. The molecule has 4 heterocycles. The summed E-state index contributed by atoms with van der Waals surface area (Å²) in [7, 11) is 1.69. The summed E-state index contributed by atoms with van der Waals surface area (Å²) in [6.07, 6.45) is 4.36. The molecule has 1 aliphatic heterocycles. The molecule has 170 valence electrons. The normalized spacial score (nSPS) is 24.5. The van der Waals surface area contributed by atoms with Crippen molar-refractivity contribution in [1.29, 1.82) is 5.26 Å². The first-order valence-corrected chi connectivity index (χ1v) is 11.1. The van der Waals surface area contributed by atoms with E-state index in [0.717, 1.165) is 52.8 Å². The molecule has 9 nitrogen and oxygen atoms in total. The van der Waals surface area contributed by atoms with Crippen LogP contribution in [0, 0.1) is 24.2 Å². The minimum Gasteiger partial charge on any atom is -0.378 e. The fraction of sp³-hybridized carbons (Fsp3) is 0.458. The number of nitriles is 1. The molecule has 2 aliphatic rings. The summed E-state index contributed by atoms with van der Waals surface area (Å²) >= 11 is 0. The second kappa shape index (κ2) is 8.21. The molecule has 1 saturated carbocycles. The van der Waals surface area contributed by atoms with Crippen LogP contribution in [0.5, 0.6) is 0 Å². The van der Waals surface area contributed by atoms with Crippen LogP contribution in [-0.4, -0.2) is 46.0 Å². The summed E-state index contributed by atoms with van der Waals surface area (Å²) in [4.78, 5) is 16.5. The standard InChI is InChI=1S/C24H26N6O3/c1-14-5-20(27-21(6-14)24(32-2)3-4-33-13-24)19-12-30(17-7-15(8-17)11-25)23-18(19)9-16(28-29-23)10-22(26)31/h5-6,9,12,15,17H,3-4,7-8,10,13H2,1-2H3,(H2,26,31). The summed E-state index contributed by atoms with van der Waals surface area (Å²) in [5, 5.41) is 18.7. The van der Waals surface area contributed by atoms with E-state index >= 15 is 0 Å². The zero-order chi connectivity index (χ0) is 23.2. The highest BCUT2D eigenvalue weighted by Gasteiger charge is 2.39. The third-order valence-corrected chi connectivity index (χ3v) is 6.76. The maximum atomic E-state index is 11.5. The number of ether oxygens (including phenoxy) is 2. The van der Waals surface area contributed by atoms with Crippen molar-refractivity contribution in [2.45, 2.75) is 44.2 Å². The first-order valence-electron chi connectivity index (χ1n) is 11.1. The van der Waals surface area contributed by atoms with E-state index in [2.05, 4.69) is 20.8 Å². The number of pyridine rings is 1. The predicted octanol–water partition coefficient (Wildman–Crippen LogP) is 2.57. The summed E-state index contributed by atoms with van der Waals surface area (Å²) < 4.78 is 13.6. The lowest BCUT2D eigenvalue weighted by Gasteiger charge is -2.32. The third-order valence-electron chi connectivity index (χ3n) is 6.76. The van der Waals surface area contributed by atoms with Crippen LogP contribution in [-0.2, 0) is 26.3 Å². The first kappa shape index (κ1) is 21.5. The van der Waals surface area contributed by atoms with Gasteiger partial charge in [-0.1, -0.05) is 0 Å². The Hall–Kier alpha value is -3.35. The lowest BCUT2D eigenvalue weighted by atomic mass is 9.81. The number of amides is 1. The number of nitrogens with zero attached hydrogens (tertiary/aromatic N) is 5. The number of methoxy groups -OCH3 is 1. The smallest absolute Gasteiger partial charge is 0.223 e. The number of carbonyl (C=O) groups is 1. The SMILES string of the molecule is COC1(c2cc(C)cc(-c3cn(C4CC(C#N)C4)c4nnc(CC(N)=O)cc34)n2)CCOC1. The van der Waals surface area contributed by atoms with Crippen molar-refractivity contribution in [3.63, 3.8) is 0 Å². The van der Waals surface area contributed by atoms with E-state index in [9.17, 15) is 10.1 Å². The zero-order valence-electron chi connectivity index (χ0n) is 18.7. The number of rotatable bonds is 6. The maximum absolute atomic E-state index is 11.5. The Morgan fingerprint density at radius 1 is 1.36 bits per heavy atom. The Morgan fingerprint density at radius 3 is 2.85 bits per heavy atom. The van der Waals surface area contributed by atoms with Gasteiger partial charge >= 0.3 is 0 Å². The fourth-order valence-electron chi connectivity index (χ4n) is 4.80. The van der Waals surface area contributed by atoms with Gasteiger partial charge in [0.15, 0.2) is 5.65 Å². The maximum Gasteiger partial charge on any atom is 0.223 e. The van der Waals surface area contributed by atoms with Crippen molar-refractivity contribution in [1.82, 2.24) is 19.7 Å². The topological polar surface area (TPSA) is 129 Å². The molecule has 0 aromatic carbocycles. The van der Waals surface area contributed by atoms with Crippen molar-refractivity contribution in [2.24, 2.45) is 11.7 Å². The van der Waals surface area contributed by atoms with Crippen LogP contribution < -0.4 is 5.73 Å². The number of aromatic nitrogens is 4. The molecule has 0 spiro atoms. The van der Waals surface area contributed by atoms with E-state index in [1.807, 2.05) is 31.3 Å². The van der Waals surface area contributed by atoms with Crippen LogP contribution in [0.25, 0.3) is 22.3 Å². The highest BCUT2D eigenvalue weighted by molar-refractivity contribution is 5.93. The molecule has 3 aromatic heterocycles. The zero-order valence-corrected chi connectivity index (χ0v) is 18.7. The molecule has 5 rings (SSSR count). The average molecular weight is 447 g/mol. The van der Waals surface area contributed by atoms with Crippen LogP contribution in [0.15, 0.2) is 24.4 Å². The minimum absolute atomic E-state index is 0.0180. The molecule has 2 fully saturated rings. The van der Waals surface area contributed by atoms with Gasteiger partial charge in [-0.3, -0.25) is 4.79 Å². The van der Waals surface area contributed by atoms with Gasteiger partial charge in [0, 0.05) is 43.3 Å². The van der Waals surface area contributed by atoms with E-state index < -0.39 is 11.5 Å². The highest BCUT2D eigenvalue weighted by atomic mass is 16.5. The Labute approximate surface area is 191 Å². The molecular weight excluding hydrogens is 420 g/mol. The molecule has 0 bridgehead atoms. The molecule has 1 atom stereocenters. The van der Waals surface area contributed by atoms with Crippen molar-refractivity contribution < 1.29 is 14.3 Å². The molecule has 2 N–H and O–H groups in total. The van der Waals surface area contributed by atoms with Gasteiger partial charge in [0.05, 0.1) is 42.1 Å². The third kappa shape index (κ3) is 3.75. The summed E-state index contributed by atoms with van der Waals surface area (Å²) in [6, 6.07) is 8.47. The average Bonchev–Trinajstić information content (AvgIpc) is 3.38. The highest BCUT2D eigenvalue weighted by Crippen LogP contribution is 2.42. The molecule has 9 heteroatoms. The first-order chi connectivity index (χ1) is 15.9. The van der Waals surface area contributed by atoms with E-state index in [-0.39, 0.29) is 18.4 Å². The van der Waals surface area contributed by atoms with E-state index in [1.165, 1.54) is 0 Å². The van der Waals surface area contributed by atoms with E-state index in [0.29, 0.717) is 18.9 Å². The van der Waals surface area contributed by atoms with Crippen LogP contribution in [0.3, 0.4) is 0 Å². The molecule has 1 saturated heterocycles. The van der Waals surface area contributed by atoms with Gasteiger partial charge in [0.25, 0.3) is 0 Å². The van der Waals surface area contributed by atoms with Crippen molar-refractivity contribution in [3.05, 3.63) is 41.3 Å². The number of hydrogen-bond donors (Lipinski definition) is 1. The molecule has 33 heavy (non-hydrogen) atoms. The van der Waals surface area contributed by atoms with Crippen molar-refractivity contribution in [2.75, 3.05) is 20.3 Å². The van der Waals surface area contributed by atoms with Crippen LogP contribution in [0.1, 0.15) is 42.3 Å². The summed E-state index contributed by atoms with van der Waals surface area (Å²) in [5.41, 5.74) is 9.66. The van der Waals surface area contributed by atoms with Gasteiger partial charge in [-0.25, -0.2) is 4.98 Å².